The van der Waals surface area contributed by atoms with Gasteiger partial charge in [-0.3, -0.25) is 25.1 Å². The van der Waals surface area contributed by atoms with Crippen LogP contribution in [0.15, 0.2) is 39.5 Å². The van der Waals surface area contributed by atoms with Crippen LogP contribution in [0.25, 0.3) is 11.5 Å². The Balaban J connectivity index is 1.56. The lowest BCUT2D eigenvalue weighted by Gasteiger charge is -2.08. The molecule has 2 amide bonds. The molecule has 0 unspecified atom stereocenters. The fraction of sp³-hybridized carbons (Fsp3) is 0.235. The highest BCUT2D eigenvalue weighted by molar-refractivity contribution is 5.81. The maximum absolute atomic E-state index is 13.0. The monoisotopic (exact) mass is 388 g/mol. The molecule has 0 saturated heterocycles. The van der Waals surface area contributed by atoms with Crippen molar-refractivity contribution in [2.24, 2.45) is 0 Å². The van der Waals surface area contributed by atoms with Gasteiger partial charge in [-0.15, -0.1) is 5.10 Å². The van der Waals surface area contributed by atoms with Crippen molar-refractivity contribution in [2.45, 2.75) is 26.9 Å². The zero-order valence-corrected chi connectivity index (χ0v) is 15.1. The van der Waals surface area contributed by atoms with E-state index in [4.69, 9.17) is 4.42 Å². The molecule has 0 fully saturated rings. The third kappa shape index (κ3) is 4.50. The van der Waals surface area contributed by atoms with Crippen LogP contribution in [0.5, 0.6) is 0 Å². The molecular weight excluding hydrogens is 371 g/mol. The molecule has 2 heterocycles. The van der Waals surface area contributed by atoms with Gasteiger partial charge in [-0.1, -0.05) is 0 Å². The van der Waals surface area contributed by atoms with Gasteiger partial charge < -0.3 is 4.42 Å². The Morgan fingerprint density at radius 1 is 1.04 bits per heavy atom. The van der Waals surface area contributed by atoms with E-state index in [0.29, 0.717) is 5.56 Å². The number of hydrogen-bond acceptors (Lipinski definition) is 6. The molecule has 28 heavy (non-hydrogen) atoms. The normalized spacial score (nSPS) is 10.7. The number of aryl methyl sites for hydroxylation is 2. The van der Waals surface area contributed by atoms with Crippen LogP contribution < -0.4 is 16.6 Å². The third-order valence-corrected chi connectivity index (χ3v) is 3.73. The summed E-state index contributed by atoms with van der Waals surface area (Å²) >= 11 is 0. The van der Waals surface area contributed by atoms with Gasteiger partial charge in [0.05, 0.1) is 5.69 Å². The van der Waals surface area contributed by atoms with Crippen molar-refractivity contribution < 1.29 is 18.4 Å². The van der Waals surface area contributed by atoms with Crippen molar-refractivity contribution >= 4 is 11.8 Å². The van der Waals surface area contributed by atoms with Gasteiger partial charge in [0.15, 0.2) is 0 Å². The largest absolute Gasteiger partial charge is 0.437 e. The number of halogens is 1. The van der Waals surface area contributed by atoms with Gasteiger partial charge in [0, 0.05) is 11.3 Å². The minimum Gasteiger partial charge on any atom is -0.388 e. The van der Waals surface area contributed by atoms with Crippen LogP contribution in [0.3, 0.4) is 0 Å². The molecule has 0 aliphatic heterocycles. The summed E-state index contributed by atoms with van der Waals surface area (Å²) in [5.41, 5.74) is 6.39. The molecule has 0 atom stereocenters. The Bertz CT molecular complexity index is 1070. The van der Waals surface area contributed by atoms with E-state index < -0.39 is 29.9 Å². The number of aromatic nitrogens is 4. The highest BCUT2D eigenvalue weighted by Crippen LogP contribution is 2.15. The number of carbonyl (C=O) groups excluding carboxylic acids is 2. The summed E-state index contributed by atoms with van der Waals surface area (Å²) in [6, 6.07) is 6.99. The van der Waals surface area contributed by atoms with Crippen LogP contribution >= 0.6 is 0 Å². The lowest BCUT2D eigenvalue weighted by Crippen LogP contribution is -2.45. The average Bonchev–Trinajstić information content (AvgIpc) is 3.15. The van der Waals surface area contributed by atoms with E-state index in [2.05, 4.69) is 21.0 Å². The second-order valence-corrected chi connectivity index (χ2v) is 6.02. The molecule has 2 N–H and O–H groups in total. The molecule has 2 aromatic heterocycles. The molecular formula is C17H17FN6O4. The summed E-state index contributed by atoms with van der Waals surface area (Å²) in [7, 11) is 0. The summed E-state index contributed by atoms with van der Waals surface area (Å²) in [6.45, 7) is 3.07. The zero-order valence-electron chi connectivity index (χ0n) is 15.1. The molecule has 3 aromatic rings. The first-order valence-corrected chi connectivity index (χ1v) is 8.24. The van der Waals surface area contributed by atoms with Crippen molar-refractivity contribution in [2.75, 3.05) is 0 Å². The fourth-order valence-electron chi connectivity index (χ4n) is 2.44. The second-order valence-electron chi connectivity index (χ2n) is 6.02. The van der Waals surface area contributed by atoms with Crippen LogP contribution in [0.1, 0.15) is 11.4 Å². The Hall–Kier alpha value is -3.76. The quantitative estimate of drug-likeness (QED) is 0.606. The summed E-state index contributed by atoms with van der Waals surface area (Å²) in [6.07, 6.45) is 0. The summed E-state index contributed by atoms with van der Waals surface area (Å²) in [5, 5.41) is 8.03. The third-order valence-electron chi connectivity index (χ3n) is 3.73. The van der Waals surface area contributed by atoms with Gasteiger partial charge >= 0.3 is 5.76 Å². The minimum absolute atomic E-state index is 0.0497. The number of rotatable bonds is 5. The van der Waals surface area contributed by atoms with E-state index in [-0.39, 0.29) is 12.4 Å². The van der Waals surface area contributed by atoms with Crippen LogP contribution in [0, 0.1) is 19.7 Å². The highest BCUT2D eigenvalue weighted by atomic mass is 19.1. The second kappa shape index (κ2) is 7.86. The number of hydrazine groups is 1. The predicted molar refractivity (Wildman–Crippen MR) is 94.1 cm³/mol. The van der Waals surface area contributed by atoms with E-state index in [1.54, 1.807) is 6.92 Å². The van der Waals surface area contributed by atoms with Gasteiger partial charge in [-0.2, -0.15) is 9.78 Å². The predicted octanol–water partition coefficient (Wildman–Crippen LogP) is 0.303. The lowest BCUT2D eigenvalue weighted by atomic mass is 10.2. The first-order chi connectivity index (χ1) is 13.3. The van der Waals surface area contributed by atoms with Crippen LogP contribution in [0.2, 0.25) is 0 Å². The molecule has 0 aliphatic carbocycles. The van der Waals surface area contributed by atoms with Crippen LogP contribution in [0.4, 0.5) is 4.39 Å². The van der Waals surface area contributed by atoms with Crippen molar-refractivity contribution in [3.63, 3.8) is 0 Å². The first-order valence-electron chi connectivity index (χ1n) is 8.24. The maximum Gasteiger partial charge on any atom is 0.437 e. The Morgan fingerprint density at radius 3 is 2.21 bits per heavy atom. The molecule has 11 heteroatoms. The molecule has 0 saturated carbocycles. The van der Waals surface area contributed by atoms with Gasteiger partial charge in [0.1, 0.15) is 18.9 Å². The number of amides is 2. The van der Waals surface area contributed by atoms with Crippen molar-refractivity contribution in [3.8, 4) is 11.5 Å². The average molecular weight is 388 g/mol. The molecule has 1 aromatic carbocycles. The van der Waals surface area contributed by atoms with Crippen molar-refractivity contribution in [1.29, 1.82) is 0 Å². The fourth-order valence-corrected chi connectivity index (χ4v) is 2.44. The Labute approximate surface area is 157 Å². The summed E-state index contributed by atoms with van der Waals surface area (Å²) in [4.78, 5) is 35.7. The molecule has 3 rings (SSSR count). The maximum atomic E-state index is 13.0. The van der Waals surface area contributed by atoms with Gasteiger partial charge in [0.25, 0.3) is 11.8 Å². The van der Waals surface area contributed by atoms with E-state index in [9.17, 15) is 18.8 Å². The molecule has 0 spiro atoms. The first kappa shape index (κ1) is 19.0. The number of nitrogens with zero attached hydrogens (tertiary/aromatic N) is 4. The SMILES string of the molecule is Cc1cc(C)n(CC(=O)NNC(=O)Cn2nc(-c3ccc(F)cc3)oc2=O)n1. The molecule has 0 radical (unpaired) electrons. The standard InChI is InChI=1S/C17H17FN6O4/c1-10-7-11(2)23(21-10)8-14(25)19-20-15(26)9-24-17(27)28-16(22-24)12-3-5-13(18)6-4-12/h3-7H,8-9H2,1-2H3,(H,19,25)(H,20,26). The Morgan fingerprint density at radius 2 is 1.64 bits per heavy atom. The van der Waals surface area contributed by atoms with Gasteiger partial charge in [-0.05, 0) is 44.2 Å². The van der Waals surface area contributed by atoms with E-state index in [1.807, 2.05) is 13.0 Å². The molecule has 0 bridgehead atoms. The van der Waals surface area contributed by atoms with Crippen molar-refractivity contribution in [1.82, 2.24) is 30.4 Å². The van der Waals surface area contributed by atoms with E-state index >= 15 is 0 Å². The molecule has 10 nitrogen and oxygen atoms in total. The van der Waals surface area contributed by atoms with E-state index in [1.165, 1.54) is 28.9 Å². The van der Waals surface area contributed by atoms with Gasteiger partial charge in [-0.25, -0.2) is 9.18 Å². The zero-order chi connectivity index (χ0) is 20.3. The summed E-state index contributed by atoms with van der Waals surface area (Å²) in [5.74, 6) is -2.52. The topological polar surface area (TPSA) is 124 Å². The van der Waals surface area contributed by atoms with Crippen LogP contribution in [-0.2, 0) is 22.7 Å². The van der Waals surface area contributed by atoms with Gasteiger partial charge in [0.2, 0.25) is 5.89 Å². The smallest absolute Gasteiger partial charge is 0.388 e. The molecule has 0 aliphatic rings. The molecule has 146 valence electrons. The number of benzene rings is 1. The Kier molecular flexibility index (Phi) is 5.34. The van der Waals surface area contributed by atoms with E-state index in [0.717, 1.165) is 16.1 Å². The van der Waals surface area contributed by atoms with Crippen LogP contribution in [-0.4, -0.2) is 31.4 Å². The highest BCUT2D eigenvalue weighted by Gasteiger charge is 2.14. The van der Waals surface area contributed by atoms with Crippen molar-refractivity contribution in [3.05, 3.63) is 58.1 Å². The number of carbonyl (C=O) groups is 2. The summed E-state index contributed by atoms with van der Waals surface area (Å²) < 4.78 is 20.2. The lowest BCUT2D eigenvalue weighted by molar-refractivity contribution is -0.129. The number of nitrogens with one attached hydrogen (secondary N) is 2. The minimum atomic E-state index is -0.858. The number of hydrogen-bond donors (Lipinski definition) is 2.